The molecule has 0 bridgehead atoms. The van der Waals surface area contributed by atoms with E-state index in [0.29, 0.717) is 34.1 Å². The van der Waals surface area contributed by atoms with Crippen LogP contribution >= 0.6 is 34.8 Å². The fourth-order valence-corrected chi connectivity index (χ4v) is 5.07. The van der Waals surface area contributed by atoms with Crippen LogP contribution in [0.2, 0.25) is 15.3 Å². The van der Waals surface area contributed by atoms with Crippen molar-refractivity contribution in [1.82, 2.24) is 14.5 Å². The van der Waals surface area contributed by atoms with Crippen LogP contribution in [-0.2, 0) is 16.4 Å². The summed E-state index contributed by atoms with van der Waals surface area (Å²) < 4.78 is 24.7. The molecule has 0 saturated carbocycles. The van der Waals surface area contributed by atoms with E-state index < -0.39 is 9.84 Å². The summed E-state index contributed by atoms with van der Waals surface area (Å²) >= 11 is 18.4. The van der Waals surface area contributed by atoms with Crippen molar-refractivity contribution in [2.24, 2.45) is 0 Å². The van der Waals surface area contributed by atoms with Crippen molar-refractivity contribution in [1.29, 1.82) is 0 Å². The Labute approximate surface area is 205 Å². The van der Waals surface area contributed by atoms with Gasteiger partial charge in [0.1, 0.15) is 0 Å². The molecule has 0 spiro atoms. The average Bonchev–Trinajstić information content (AvgIpc) is 2.74. The number of rotatable bonds is 3. The van der Waals surface area contributed by atoms with Crippen LogP contribution in [0.5, 0.6) is 0 Å². The molecule has 1 unspecified atom stereocenters. The van der Waals surface area contributed by atoms with E-state index in [4.69, 9.17) is 34.8 Å². The largest absolute Gasteiger partial charge is 0.332 e. The third kappa shape index (κ3) is 4.53. The Hall–Kier alpha value is -2.39. The normalized spacial score (nSPS) is 15.9. The second-order valence-corrected chi connectivity index (χ2v) is 11.0. The lowest BCUT2D eigenvalue weighted by Crippen LogP contribution is -2.42. The molecule has 11 heteroatoms. The minimum Gasteiger partial charge on any atom is -0.332 e. The maximum atomic E-state index is 13.3. The highest BCUT2D eigenvalue weighted by Gasteiger charge is 2.31. The number of hydrogen-bond donors (Lipinski definition) is 0. The lowest BCUT2D eigenvalue weighted by atomic mass is 9.95. The highest BCUT2D eigenvalue weighted by atomic mass is 35.5. The van der Waals surface area contributed by atoms with Crippen LogP contribution in [0.15, 0.2) is 52.2 Å². The smallest absolute Gasteiger partial charge is 0.262 e. The molecular formula is C22H18Cl3N3O4S. The molecule has 1 amide bonds. The molecule has 0 N–H and O–H groups in total. The van der Waals surface area contributed by atoms with E-state index in [9.17, 15) is 18.0 Å². The van der Waals surface area contributed by atoms with Crippen LogP contribution in [0.1, 0.15) is 34.5 Å². The highest BCUT2D eigenvalue weighted by molar-refractivity contribution is 7.90. The third-order valence-corrected chi connectivity index (χ3v) is 7.58. The van der Waals surface area contributed by atoms with Crippen LogP contribution in [0.25, 0.3) is 5.69 Å². The molecule has 2 aromatic carbocycles. The number of benzene rings is 2. The topological polar surface area (TPSA) is 89.3 Å². The van der Waals surface area contributed by atoms with Gasteiger partial charge in [-0.15, -0.1) is 0 Å². The SMILES string of the molecule is CC1CN(C(=O)c2ccc(Cl)c(Cl)c2)Cc2nc(Cl)n(-c3ccc(S(C)(=O)=O)cc3)c(=O)c21. The van der Waals surface area contributed by atoms with Crippen molar-refractivity contribution in [3.8, 4) is 5.69 Å². The fourth-order valence-electron chi connectivity index (χ4n) is 3.86. The van der Waals surface area contributed by atoms with Gasteiger partial charge in [-0.3, -0.25) is 14.2 Å². The Bertz CT molecular complexity index is 1440. The molecule has 2 heterocycles. The molecule has 1 aromatic heterocycles. The van der Waals surface area contributed by atoms with Crippen molar-refractivity contribution in [2.45, 2.75) is 24.3 Å². The number of nitrogens with zero attached hydrogens (tertiary/aromatic N) is 3. The van der Waals surface area contributed by atoms with Gasteiger partial charge in [0.25, 0.3) is 11.5 Å². The first-order chi connectivity index (χ1) is 15.5. The summed E-state index contributed by atoms with van der Waals surface area (Å²) in [4.78, 5) is 32.5. The van der Waals surface area contributed by atoms with Crippen molar-refractivity contribution in [3.05, 3.63) is 85.0 Å². The maximum Gasteiger partial charge on any atom is 0.262 e. The molecule has 0 radical (unpaired) electrons. The van der Waals surface area contributed by atoms with Gasteiger partial charge in [-0.25, -0.2) is 13.4 Å². The fraction of sp³-hybridized carbons (Fsp3) is 0.227. The zero-order chi connectivity index (χ0) is 24.1. The van der Waals surface area contributed by atoms with Crippen LogP contribution in [-0.4, -0.2) is 41.6 Å². The van der Waals surface area contributed by atoms with E-state index in [0.717, 1.165) is 6.26 Å². The Morgan fingerprint density at radius 2 is 1.73 bits per heavy atom. The predicted octanol–water partition coefficient (Wildman–Crippen LogP) is 4.36. The second-order valence-electron chi connectivity index (χ2n) is 7.86. The van der Waals surface area contributed by atoms with E-state index in [1.807, 2.05) is 6.92 Å². The minimum atomic E-state index is -3.38. The lowest BCUT2D eigenvalue weighted by molar-refractivity contribution is 0.0716. The van der Waals surface area contributed by atoms with Crippen LogP contribution in [0.3, 0.4) is 0 Å². The predicted molar refractivity (Wildman–Crippen MR) is 128 cm³/mol. The van der Waals surface area contributed by atoms with E-state index in [2.05, 4.69) is 4.98 Å². The van der Waals surface area contributed by atoms with E-state index in [1.54, 1.807) is 17.0 Å². The van der Waals surface area contributed by atoms with Gasteiger partial charge in [0.05, 0.1) is 32.9 Å². The summed E-state index contributed by atoms with van der Waals surface area (Å²) in [7, 11) is -3.38. The molecule has 1 aliphatic heterocycles. The summed E-state index contributed by atoms with van der Waals surface area (Å²) in [5.41, 5.74) is 1.30. The average molecular weight is 527 g/mol. The molecule has 1 atom stereocenters. The monoisotopic (exact) mass is 525 g/mol. The van der Waals surface area contributed by atoms with E-state index >= 15 is 0 Å². The van der Waals surface area contributed by atoms with E-state index in [1.165, 1.54) is 34.9 Å². The first-order valence-electron chi connectivity index (χ1n) is 9.83. The molecule has 7 nitrogen and oxygen atoms in total. The zero-order valence-electron chi connectivity index (χ0n) is 17.5. The Morgan fingerprint density at radius 3 is 2.33 bits per heavy atom. The van der Waals surface area contributed by atoms with Crippen LogP contribution < -0.4 is 5.56 Å². The lowest BCUT2D eigenvalue weighted by Gasteiger charge is -2.32. The number of carbonyl (C=O) groups excluding carboxylic acids is 1. The van der Waals surface area contributed by atoms with Crippen molar-refractivity contribution >= 4 is 50.5 Å². The Balaban J connectivity index is 1.71. The number of amides is 1. The molecule has 3 aromatic rings. The molecule has 172 valence electrons. The molecule has 0 fully saturated rings. The first kappa shape index (κ1) is 23.8. The molecule has 4 rings (SSSR count). The van der Waals surface area contributed by atoms with Gasteiger partial charge in [0.15, 0.2) is 9.84 Å². The van der Waals surface area contributed by atoms with Gasteiger partial charge < -0.3 is 4.90 Å². The first-order valence-corrected chi connectivity index (χ1v) is 12.9. The zero-order valence-corrected chi connectivity index (χ0v) is 20.6. The molecular weight excluding hydrogens is 509 g/mol. The van der Waals surface area contributed by atoms with Gasteiger partial charge in [-0.05, 0) is 54.1 Å². The van der Waals surface area contributed by atoms with Crippen LogP contribution in [0.4, 0.5) is 0 Å². The van der Waals surface area contributed by atoms with Gasteiger partial charge in [-0.1, -0.05) is 30.1 Å². The van der Waals surface area contributed by atoms with E-state index in [-0.39, 0.29) is 39.1 Å². The van der Waals surface area contributed by atoms with Crippen molar-refractivity contribution in [3.63, 3.8) is 0 Å². The highest BCUT2D eigenvalue weighted by Crippen LogP contribution is 2.29. The number of halogens is 3. The van der Waals surface area contributed by atoms with Gasteiger partial charge >= 0.3 is 0 Å². The number of aromatic nitrogens is 2. The van der Waals surface area contributed by atoms with Crippen molar-refractivity contribution in [2.75, 3.05) is 12.8 Å². The summed E-state index contributed by atoms with van der Waals surface area (Å²) in [6.45, 7) is 2.25. The van der Waals surface area contributed by atoms with Gasteiger partial charge in [0, 0.05) is 29.8 Å². The Kier molecular flexibility index (Phi) is 6.30. The molecule has 1 aliphatic rings. The van der Waals surface area contributed by atoms with Crippen LogP contribution in [0, 0.1) is 0 Å². The number of sulfone groups is 1. The number of fused-ring (bicyclic) bond motifs is 1. The Morgan fingerprint density at radius 1 is 1.06 bits per heavy atom. The second kappa shape index (κ2) is 8.76. The summed E-state index contributed by atoms with van der Waals surface area (Å²) in [5.74, 6) is -0.566. The third-order valence-electron chi connectivity index (χ3n) is 5.46. The molecule has 0 aliphatic carbocycles. The number of carbonyl (C=O) groups is 1. The number of hydrogen-bond acceptors (Lipinski definition) is 5. The quantitative estimate of drug-likeness (QED) is 0.473. The summed E-state index contributed by atoms with van der Waals surface area (Å²) in [5, 5.41) is 0.546. The maximum absolute atomic E-state index is 13.3. The molecule has 0 saturated heterocycles. The van der Waals surface area contributed by atoms with Gasteiger partial charge in [-0.2, -0.15) is 0 Å². The van der Waals surface area contributed by atoms with Crippen molar-refractivity contribution < 1.29 is 13.2 Å². The molecule has 33 heavy (non-hydrogen) atoms. The summed E-state index contributed by atoms with van der Waals surface area (Å²) in [6.07, 6.45) is 1.11. The van der Waals surface area contributed by atoms with Gasteiger partial charge in [0.2, 0.25) is 5.28 Å². The standard InChI is InChI=1S/C22H18Cl3N3O4S/c1-12-10-27(20(29)13-3-8-16(23)17(24)9-13)11-18-19(12)21(30)28(22(25)26-18)14-4-6-15(7-5-14)33(2,31)32/h3-9,12H,10-11H2,1-2H3. The minimum absolute atomic E-state index is 0.0816. The summed E-state index contributed by atoms with van der Waals surface area (Å²) in [6, 6.07) is 10.5.